The highest BCUT2D eigenvalue weighted by Crippen LogP contribution is 1.78. The Morgan fingerprint density at radius 3 is 2.56 bits per heavy atom. The summed E-state index contributed by atoms with van der Waals surface area (Å²) >= 11 is 0. The predicted molar refractivity (Wildman–Crippen MR) is 39.3 cm³/mol. The minimum absolute atomic E-state index is 0.754. The van der Waals surface area contributed by atoms with Gasteiger partial charge in [0.05, 0.1) is 12.9 Å². The van der Waals surface area contributed by atoms with Gasteiger partial charge in [0, 0.05) is 6.54 Å². The topological polar surface area (TPSA) is 12.5 Å². The van der Waals surface area contributed by atoms with Crippen molar-refractivity contribution >= 4 is 0 Å². The smallest absolute Gasteiger partial charge is 0.0845 e. The van der Waals surface area contributed by atoms with Crippen LogP contribution in [0.2, 0.25) is 0 Å². The van der Waals surface area contributed by atoms with E-state index >= 15 is 0 Å². The van der Waals surface area contributed by atoms with Gasteiger partial charge in [-0.1, -0.05) is 0 Å². The Balaban J connectivity index is 3.04. The van der Waals surface area contributed by atoms with Crippen LogP contribution in [0.3, 0.4) is 0 Å². The van der Waals surface area contributed by atoms with Gasteiger partial charge in [0.15, 0.2) is 0 Å². The van der Waals surface area contributed by atoms with Crippen LogP contribution in [0.5, 0.6) is 0 Å². The first-order chi connectivity index (χ1) is 4.27. The van der Waals surface area contributed by atoms with Gasteiger partial charge in [-0.3, -0.25) is 0 Å². The fraction of sp³-hybridized carbons (Fsp3) is 0.714. The highest BCUT2D eigenvalue weighted by Gasteiger charge is 1.79. The normalized spacial score (nSPS) is 11.1. The standard InChI is InChI=1S/C7H15NO/c1-4-9-7-5-6-8(2)3/h5,7H,4,6H2,1-3H3. The average molecular weight is 129 g/mol. The predicted octanol–water partition coefficient (Wildman–Crippen LogP) is 1.10. The lowest BCUT2D eigenvalue weighted by atomic mass is 10.6. The van der Waals surface area contributed by atoms with E-state index < -0.39 is 0 Å². The first kappa shape index (κ1) is 8.50. The number of ether oxygens (including phenoxy) is 1. The molecule has 0 bridgehead atoms. The monoisotopic (exact) mass is 129 g/mol. The lowest BCUT2D eigenvalue weighted by Gasteiger charge is -2.03. The van der Waals surface area contributed by atoms with Gasteiger partial charge in [-0.2, -0.15) is 0 Å². The van der Waals surface area contributed by atoms with E-state index in [0.717, 1.165) is 13.2 Å². The summed E-state index contributed by atoms with van der Waals surface area (Å²) in [6.07, 6.45) is 3.73. The first-order valence-corrected chi connectivity index (χ1v) is 3.18. The zero-order chi connectivity index (χ0) is 7.11. The molecule has 0 aromatic heterocycles. The molecule has 0 spiro atoms. The largest absolute Gasteiger partial charge is 0.502 e. The van der Waals surface area contributed by atoms with Crippen LogP contribution in [0.1, 0.15) is 6.92 Å². The van der Waals surface area contributed by atoms with Crippen molar-refractivity contribution in [1.29, 1.82) is 0 Å². The summed E-state index contributed by atoms with van der Waals surface area (Å²) in [5.74, 6) is 0. The van der Waals surface area contributed by atoms with E-state index in [1.54, 1.807) is 6.26 Å². The summed E-state index contributed by atoms with van der Waals surface area (Å²) in [5.41, 5.74) is 0. The molecule has 0 heterocycles. The van der Waals surface area contributed by atoms with E-state index in [-0.39, 0.29) is 0 Å². The fourth-order valence-corrected chi connectivity index (χ4v) is 0.418. The van der Waals surface area contributed by atoms with Crippen LogP contribution in [-0.2, 0) is 4.74 Å². The summed E-state index contributed by atoms with van der Waals surface area (Å²) < 4.78 is 4.98. The third-order valence-corrected chi connectivity index (χ3v) is 0.830. The summed E-state index contributed by atoms with van der Waals surface area (Å²) in [5, 5.41) is 0. The van der Waals surface area contributed by atoms with Crippen LogP contribution in [0.25, 0.3) is 0 Å². The molecule has 0 saturated carbocycles. The van der Waals surface area contributed by atoms with Crippen molar-refractivity contribution in [1.82, 2.24) is 4.90 Å². The Morgan fingerprint density at radius 2 is 2.11 bits per heavy atom. The van der Waals surface area contributed by atoms with E-state index in [0.29, 0.717) is 0 Å². The second kappa shape index (κ2) is 5.63. The third-order valence-electron chi connectivity index (χ3n) is 0.830. The Bertz CT molecular complexity index is 79.0. The molecule has 9 heavy (non-hydrogen) atoms. The Kier molecular flexibility index (Phi) is 5.32. The maximum Gasteiger partial charge on any atom is 0.0845 e. The number of nitrogens with zero attached hydrogens (tertiary/aromatic N) is 1. The average Bonchev–Trinajstić information content (AvgIpc) is 1.80. The number of hydrogen-bond donors (Lipinski definition) is 0. The van der Waals surface area contributed by atoms with E-state index in [1.807, 2.05) is 27.1 Å². The maximum atomic E-state index is 4.98. The van der Waals surface area contributed by atoms with Gasteiger partial charge >= 0.3 is 0 Å². The summed E-state index contributed by atoms with van der Waals surface area (Å²) in [6.45, 7) is 3.67. The van der Waals surface area contributed by atoms with Crippen LogP contribution in [-0.4, -0.2) is 32.1 Å². The lowest BCUT2D eigenvalue weighted by molar-refractivity contribution is 0.266. The van der Waals surface area contributed by atoms with Crippen molar-refractivity contribution in [2.75, 3.05) is 27.2 Å². The Hall–Kier alpha value is -0.500. The third kappa shape index (κ3) is 7.50. The van der Waals surface area contributed by atoms with E-state index in [2.05, 4.69) is 4.90 Å². The number of likely N-dealkylation sites (N-methyl/N-ethyl adjacent to an activating group) is 1. The molecule has 0 rings (SSSR count). The van der Waals surface area contributed by atoms with Gasteiger partial charge in [-0.25, -0.2) is 0 Å². The zero-order valence-corrected chi connectivity index (χ0v) is 6.42. The molecule has 0 aromatic carbocycles. The summed E-state index contributed by atoms with van der Waals surface area (Å²) in [4.78, 5) is 2.08. The highest BCUT2D eigenvalue weighted by atomic mass is 16.5. The van der Waals surface area contributed by atoms with Gasteiger partial charge in [-0.15, -0.1) is 0 Å². The summed E-state index contributed by atoms with van der Waals surface area (Å²) in [7, 11) is 4.05. The molecule has 0 unspecified atom stereocenters. The zero-order valence-electron chi connectivity index (χ0n) is 6.42. The molecule has 0 fully saturated rings. The Labute approximate surface area is 57.1 Å². The summed E-state index contributed by atoms with van der Waals surface area (Å²) in [6, 6.07) is 0. The van der Waals surface area contributed by atoms with Gasteiger partial charge in [0.1, 0.15) is 0 Å². The second-order valence-corrected chi connectivity index (χ2v) is 2.09. The van der Waals surface area contributed by atoms with Crippen LogP contribution < -0.4 is 0 Å². The van der Waals surface area contributed by atoms with Crippen molar-refractivity contribution < 1.29 is 4.74 Å². The lowest BCUT2D eigenvalue weighted by Crippen LogP contribution is -2.10. The van der Waals surface area contributed by atoms with E-state index in [4.69, 9.17) is 4.74 Å². The van der Waals surface area contributed by atoms with Crippen LogP contribution >= 0.6 is 0 Å². The second-order valence-electron chi connectivity index (χ2n) is 2.09. The van der Waals surface area contributed by atoms with Gasteiger partial charge in [-0.05, 0) is 27.1 Å². The maximum absolute atomic E-state index is 4.98. The molecule has 0 amide bonds. The molecule has 0 aliphatic carbocycles. The molecular weight excluding hydrogens is 114 g/mol. The molecule has 0 aliphatic rings. The van der Waals surface area contributed by atoms with E-state index in [1.165, 1.54) is 0 Å². The first-order valence-electron chi connectivity index (χ1n) is 3.18. The van der Waals surface area contributed by atoms with Gasteiger partial charge in [0.2, 0.25) is 0 Å². The van der Waals surface area contributed by atoms with Crippen molar-refractivity contribution in [2.24, 2.45) is 0 Å². The van der Waals surface area contributed by atoms with Gasteiger partial charge in [0.25, 0.3) is 0 Å². The van der Waals surface area contributed by atoms with Crippen LogP contribution in [0, 0.1) is 0 Å². The molecule has 0 N–H and O–H groups in total. The Morgan fingerprint density at radius 1 is 1.44 bits per heavy atom. The van der Waals surface area contributed by atoms with Crippen LogP contribution in [0.4, 0.5) is 0 Å². The van der Waals surface area contributed by atoms with Crippen molar-refractivity contribution in [2.45, 2.75) is 6.92 Å². The minimum Gasteiger partial charge on any atom is -0.502 e. The molecule has 0 radical (unpaired) electrons. The molecule has 0 aromatic rings. The molecule has 0 saturated heterocycles. The molecular formula is C7H15NO. The number of rotatable bonds is 4. The molecule has 0 atom stereocenters. The van der Waals surface area contributed by atoms with Crippen molar-refractivity contribution in [3.8, 4) is 0 Å². The van der Waals surface area contributed by atoms with Crippen LogP contribution in [0.15, 0.2) is 12.3 Å². The molecule has 2 nitrogen and oxygen atoms in total. The molecule has 0 aliphatic heterocycles. The molecule has 54 valence electrons. The number of hydrogen-bond acceptors (Lipinski definition) is 2. The fourth-order valence-electron chi connectivity index (χ4n) is 0.418. The van der Waals surface area contributed by atoms with Crippen molar-refractivity contribution in [3.05, 3.63) is 12.3 Å². The van der Waals surface area contributed by atoms with Crippen molar-refractivity contribution in [3.63, 3.8) is 0 Å². The van der Waals surface area contributed by atoms with Gasteiger partial charge < -0.3 is 9.64 Å². The highest BCUT2D eigenvalue weighted by molar-refractivity contribution is 4.75. The minimum atomic E-state index is 0.754. The van der Waals surface area contributed by atoms with E-state index in [9.17, 15) is 0 Å². The quantitative estimate of drug-likeness (QED) is 0.527. The molecule has 2 heteroatoms. The SMILES string of the molecule is CCOC=CCN(C)C.